The molecule has 0 unspecified atom stereocenters. The van der Waals surface area contributed by atoms with Gasteiger partial charge in [-0.15, -0.1) is 6.58 Å². The summed E-state index contributed by atoms with van der Waals surface area (Å²) in [5.74, 6) is -0.0615. The summed E-state index contributed by atoms with van der Waals surface area (Å²) in [5, 5.41) is 2.36. The molecule has 0 heterocycles. The Hall–Kier alpha value is -2.91. The summed E-state index contributed by atoms with van der Waals surface area (Å²) in [7, 11) is 0. The molecule has 3 aromatic carbocycles. The molecule has 132 valence electrons. The minimum Gasteiger partial charge on any atom is -0.287 e. The fourth-order valence-corrected chi connectivity index (χ4v) is 3.05. The quantitative estimate of drug-likeness (QED) is 0.497. The monoisotopic (exact) mass is 344 g/mol. The maximum Gasteiger partial charge on any atom is 0.265 e. The van der Waals surface area contributed by atoms with Crippen molar-refractivity contribution in [3.63, 3.8) is 0 Å². The van der Waals surface area contributed by atoms with Gasteiger partial charge >= 0.3 is 0 Å². The summed E-state index contributed by atoms with van der Waals surface area (Å²) < 4.78 is 0. The Balaban J connectivity index is 1.90. The van der Waals surface area contributed by atoms with E-state index in [0.717, 1.165) is 5.56 Å². The first-order valence-corrected chi connectivity index (χ1v) is 8.79. The van der Waals surface area contributed by atoms with E-state index in [2.05, 4.69) is 61.6 Å². The zero-order valence-electron chi connectivity index (χ0n) is 15.2. The normalized spacial score (nSPS) is 14.4. The van der Waals surface area contributed by atoms with E-state index in [9.17, 15) is 4.79 Å². The van der Waals surface area contributed by atoms with Crippen LogP contribution in [0.25, 0.3) is 10.8 Å². The van der Waals surface area contributed by atoms with Gasteiger partial charge < -0.3 is 0 Å². The van der Waals surface area contributed by atoms with Crippen molar-refractivity contribution in [2.75, 3.05) is 0 Å². The molecular weight excluding hydrogens is 320 g/mol. The number of hydrogen-bond donors (Lipinski definition) is 2. The van der Waals surface area contributed by atoms with Crippen LogP contribution in [0.15, 0.2) is 85.5 Å². The van der Waals surface area contributed by atoms with Crippen molar-refractivity contribution in [3.8, 4) is 0 Å². The van der Waals surface area contributed by atoms with Crippen molar-refractivity contribution in [1.82, 2.24) is 10.9 Å². The largest absolute Gasteiger partial charge is 0.287 e. The van der Waals surface area contributed by atoms with Crippen molar-refractivity contribution < 1.29 is 4.79 Å². The average molecular weight is 344 g/mol. The van der Waals surface area contributed by atoms with Crippen molar-refractivity contribution in [2.24, 2.45) is 5.92 Å². The van der Waals surface area contributed by atoms with Crippen LogP contribution >= 0.6 is 0 Å². The highest BCUT2D eigenvalue weighted by atomic mass is 16.2. The molecule has 0 bridgehead atoms. The molecule has 3 heteroatoms. The number of carbonyl (C=O) groups excluding carboxylic acids is 1. The number of carbonyl (C=O) groups is 1. The van der Waals surface area contributed by atoms with Gasteiger partial charge in [-0.3, -0.25) is 10.2 Å². The highest BCUT2D eigenvalue weighted by Crippen LogP contribution is 2.31. The molecule has 0 aliphatic heterocycles. The number of fused-ring (bicyclic) bond motifs is 1. The summed E-state index contributed by atoms with van der Waals surface area (Å²) in [6.07, 6.45) is 1.90. The Morgan fingerprint density at radius 3 is 2.35 bits per heavy atom. The molecule has 26 heavy (non-hydrogen) atoms. The average Bonchev–Trinajstić information content (AvgIpc) is 2.71. The van der Waals surface area contributed by atoms with E-state index in [4.69, 9.17) is 0 Å². The highest BCUT2D eigenvalue weighted by Gasteiger charge is 2.32. The number of benzene rings is 3. The second kappa shape index (κ2) is 7.54. The lowest BCUT2D eigenvalue weighted by Crippen LogP contribution is -2.53. The van der Waals surface area contributed by atoms with E-state index in [1.807, 2.05) is 36.4 Å². The molecule has 0 fully saturated rings. The predicted molar refractivity (Wildman–Crippen MR) is 108 cm³/mol. The second-order valence-corrected chi connectivity index (χ2v) is 6.73. The Morgan fingerprint density at radius 2 is 1.65 bits per heavy atom. The molecule has 0 aromatic heterocycles. The SMILES string of the molecule is C=C[C@H](C)[C@@](C)(NNC(=O)c1ccccc1)c1ccc2ccccc2c1. The van der Waals surface area contributed by atoms with E-state index >= 15 is 0 Å². The molecule has 3 nitrogen and oxygen atoms in total. The summed E-state index contributed by atoms with van der Waals surface area (Å²) >= 11 is 0. The van der Waals surface area contributed by atoms with Gasteiger partial charge in [-0.2, -0.15) is 0 Å². The number of nitrogens with one attached hydrogen (secondary N) is 2. The first kappa shape index (κ1) is 17.9. The van der Waals surface area contributed by atoms with Gasteiger partial charge in [-0.25, -0.2) is 5.43 Å². The van der Waals surface area contributed by atoms with Crippen LogP contribution in [-0.4, -0.2) is 5.91 Å². The lowest BCUT2D eigenvalue weighted by atomic mass is 9.80. The Kier molecular flexibility index (Phi) is 5.19. The number of rotatable bonds is 6. The summed E-state index contributed by atoms with van der Waals surface area (Å²) in [6.45, 7) is 8.11. The van der Waals surface area contributed by atoms with E-state index < -0.39 is 5.54 Å². The predicted octanol–water partition coefficient (Wildman–Crippen LogP) is 4.81. The summed E-state index contributed by atoms with van der Waals surface area (Å²) in [5.41, 5.74) is 7.34. The fourth-order valence-electron chi connectivity index (χ4n) is 3.05. The van der Waals surface area contributed by atoms with Gasteiger partial charge in [0.2, 0.25) is 0 Å². The molecule has 0 saturated heterocycles. The van der Waals surface area contributed by atoms with Crippen LogP contribution in [0.2, 0.25) is 0 Å². The molecule has 2 N–H and O–H groups in total. The molecule has 3 aromatic rings. The van der Waals surface area contributed by atoms with Crippen LogP contribution in [0.5, 0.6) is 0 Å². The van der Waals surface area contributed by atoms with Gasteiger partial charge in [-0.1, -0.05) is 67.6 Å². The van der Waals surface area contributed by atoms with Gasteiger partial charge in [0.15, 0.2) is 0 Å². The van der Waals surface area contributed by atoms with Crippen LogP contribution < -0.4 is 10.9 Å². The first-order valence-electron chi connectivity index (χ1n) is 8.79. The van der Waals surface area contributed by atoms with E-state index in [-0.39, 0.29) is 11.8 Å². The third-order valence-corrected chi connectivity index (χ3v) is 5.09. The van der Waals surface area contributed by atoms with E-state index in [1.165, 1.54) is 10.8 Å². The maximum absolute atomic E-state index is 12.4. The zero-order chi connectivity index (χ0) is 18.6. The van der Waals surface area contributed by atoms with Gasteiger partial charge in [-0.05, 0) is 47.4 Å². The van der Waals surface area contributed by atoms with Crippen molar-refractivity contribution in [2.45, 2.75) is 19.4 Å². The van der Waals surface area contributed by atoms with Crippen LogP contribution in [0, 0.1) is 5.92 Å². The molecular formula is C23H24N2O. The molecule has 0 saturated carbocycles. The number of hydrogen-bond acceptors (Lipinski definition) is 2. The van der Waals surface area contributed by atoms with Crippen molar-refractivity contribution >= 4 is 16.7 Å². The van der Waals surface area contributed by atoms with E-state index in [0.29, 0.717) is 5.56 Å². The molecule has 0 aliphatic carbocycles. The maximum atomic E-state index is 12.4. The van der Waals surface area contributed by atoms with Crippen molar-refractivity contribution in [1.29, 1.82) is 0 Å². The van der Waals surface area contributed by atoms with Crippen LogP contribution in [0.3, 0.4) is 0 Å². The lowest BCUT2D eigenvalue weighted by molar-refractivity contribution is 0.0894. The fraction of sp³-hybridized carbons (Fsp3) is 0.174. The topological polar surface area (TPSA) is 41.1 Å². The third-order valence-electron chi connectivity index (χ3n) is 5.09. The van der Waals surface area contributed by atoms with Crippen molar-refractivity contribution in [3.05, 3.63) is 96.6 Å². The smallest absolute Gasteiger partial charge is 0.265 e. The van der Waals surface area contributed by atoms with Crippen LogP contribution in [0.4, 0.5) is 0 Å². The number of amides is 1. The van der Waals surface area contributed by atoms with Crippen LogP contribution in [-0.2, 0) is 5.54 Å². The van der Waals surface area contributed by atoms with Gasteiger partial charge in [0.05, 0.1) is 5.54 Å². The Labute approximate surface area is 154 Å². The molecule has 0 aliphatic rings. The molecule has 3 rings (SSSR count). The Bertz CT molecular complexity index is 920. The van der Waals surface area contributed by atoms with Gasteiger partial charge in [0.1, 0.15) is 0 Å². The minimum atomic E-state index is -0.490. The second-order valence-electron chi connectivity index (χ2n) is 6.73. The molecule has 1 amide bonds. The standard InChI is InChI=1S/C23H24N2O/c1-4-17(2)23(3,25-24-22(26)19-11-6-5-7-12-19)21-15-14-18-10-8-9-13-20(18)16-21/h4-17,25H,1H2,2-3H3,(H,24,26)/t17-,23+/m0/s1. The minimum absolute atomic E-state index is 0.0970. The third kappa shape index (κ3) is 3.53. The highest BCUT2D eigenvalue weighted by molar-refractivity contribution is 5.93. The first-order chi connectivity index (χ1) is 12.5. The zero-order valence-corrected chi connectivity index (χ0v) is 15.2. The van der Waals surface area contributed by atoms with E-state index in [1.54, 1.807) is 12.1 Å². The molecule has 2 atom stereocenters. The molecule has 0 spiro atoms. The van der Waals surface area contributed by atoms with Gasteiger partial charge in [0.25, 0.3) is 5.91 Å². The van der Waals surface area contributed by atoms with Crippen LogP contribution in [0.1, 0.15) is 29.8 Å². The van der Waals surface area contributed by atoms with Gasteiger partial charge in [0, 0.05) is 5.56 Å². The Morgan fingerprint density at radius 1 is 1.00 bits per heavy atom. The summed E-state index contributed by atoms with van der Waals surface area (Å²) in [4.78, 5) is 12.4. The lowest BCUT2D eigenvalue weighted by Gasteiger charge is -2.36. The molecule has 0 radical (unpaired) electrons. The number of hydrazine groups is 1. The summed E-state index contributed by atoms with van der Waals surface area (Å²) in [6, 6.07) is 23.8.